The number of hydrogen-bond acceptors (Lipinski definition) is 3. The third-order valence-corrected chi connectivity index (χ3v) is 4.68. The Morgan fingerprint density at radius 1 is 0.875 bits per heavy atom. The van der Waals surface area contributed by atoms with Gasteiger partial charge in [0.15, 0.2) is 0 Å². The molecule has 3 nitrogen and oxygen atoms in total. The fraction of sp³-hybridized carbons (Fsp3) is 0.250. The van der Waals surface area contributed by atoms with E-state index in [2.05, 4.69) is 39.0 Å². The number of para-hydroxylation sites is 1. The summed E-state index contributed by atoms with van der Waals surface area (Å²) in [6, 6.07) is 17.4. The Kier molecular flexibility index (Phi) is 4.13. The molecule has 1 fully saturated rings. The second kappa shape index (κ2) is 6.57. The molecule has 1 aliphatic rings. The SMILES string of the molecule is Fc1ccccc1CN1CCN(c2cccc3cccnc23)CC1. The second-order valence-corrected chi connectivity index (χ2v) is 6.21. The molecule has 2 heterocycles. The van der Waals surface area contributed by atoms with Crippen LogP contribution in [0.25, 0.3) is 10.9 Å². The van der Waals surface area contributed by atoms with E-state index in [1.54, 1.807) is 6.07 Å². The molecule has 2 aromatic carbocycles. The molecule has 3 aromatic rings. The van der Waals surface area contributed by atoms with Gasteiger partial charge in [-0.1, -0.05) is 36.4 Å². The third-order valence-electron chi connectivity index (χ3n) is 4.68. The van der Waals surface area contributed by atoms with Crippen molar-refractivity contribution in [1.29, 1.82) is 0 Å². The summed E-state index contributed by atoms with van der Waals surface area (Å²) >= 11 is 0. The van der Waals surface area contributed by atoms with E-state index in [1.165, 1.54) is 17.1 Å². The maximum absolute atomic E-state index is 13.8. The molecule has 1 saturated heterocycles. The molecular formula is C20H20FN3. The van der Waals surface area contributed by atoms with E-state index in [-0.39, 0.29) is 5.82 Å². The van der Waals surface area contributed by atoms with E-state index in [1.807, 2.05) is 24.4 Å². The van der Waals surface area contributed by atoms with Gasteiger partial charge in [-0.2, -0.15) is 0 Å². The number of hydrogen-bond donors (Lipinski definition) is 0. The Morgan fingerprint density at radius 2 is 1.67 bits per heavy atom. The van der Waals surface area contributed by atoms with Crippen molar-refractivity contribution < 1.29 is 4.39 Å². The van der Waals surface area contributed by atoms with E-state index in [0.717, 1.165) is 37.3 Å². The monoisotopic (exact) mass is 321 g/mol. The molecule has 0 N–H and O–H groups in total. The summed E-state index contributed by atoms with van der Waals surface area (Å²) in [5.74, 6) is -0.113. The topological polar surface area (TPSA) is 19.4 Å². The average Bonchev–Trinajstić information content (AvgIpc) is 2.64. The molecule has 1 aromatic heterocycles. The molecule has 0 atom stereocenters. The highest BCUT2D eigenvalue weighted by Gasteiger charge is 2.19. The minimum Gasteiger partial charge on any atom is -0.367 e. The molecule has 0 radical (unpaired) electrons. The summed E-state index contributed by atoms with van der Waals surface area (Å²) in [5, 5.41) is 1.17. The van der Waals surface area contributed by atoms with E-state index in [4.69, 9.17) is 0 Å². The molecule has 0 unspecified atom stereocenters. The summed E-state index contributed by atoms with van der Waals surface area (Å²) in [4.78, 5) is 9.24. The van der Waals surface area contributed by atoms with Crippen molar-refractivity contribution in [2.24, 2.45) is 0 Å². The van der Waals surface area contributed by atoms with E-state index in [9.17, 15) is 4.39 Å². The van der Waals surface area contributed by atoms with Crippen molar-refractivity contribution in [2.45, 2.75) is 6.54 Å². The number of pyridine rings is 1. The van der Waals surface area contributed by atoms with Gasteiger partial charge < -0.3 is 4.90 Å². The zero-order chi connectivity index (χ0) is 16.4. The lowest BCUT2D eigenvalue weighted by molar-refractivity contribution is 0.247. The minimum atomic E-state index is -0.113. The van der Waals surface area contributed by atoms with Crippen molar-refractivity contribution in [3.8, 4) is 0 Å². The Balaban J connectivity index is 1.47. The fourth-order valence-corrected chi connectivity index (χ4v) is 3.36. The zero-order valence-corrected chi connectivity index (χ0v) is 13.5. The van der Waals surface area contributed by atoms with Crippen LogP contribution in [-0.2, 0) is 6.54 Å². The fourth-order valence-electron chi connectivity index (χ4n) is 3.36. The summed E-state index contributed by atoms with van der Waals surface area (Å²) in [7, 11) is 0. The Labute approximate surface area is 141 Å². The first-order chi connectivity index (χ1) is 11.8. The van der Waals surface area contributed by atoms with Gasteiger partial charge in [-0.15, -0.1) is 0 Å². The number of nitrogens with zero attached hydrogens (tertiary/aromatic N) is 3. The third kappa shape index (κ3) is 2.97. The lowest BCUT2D eigenvalue weighted by Crippen LogP contribution is -2.46. The van der Waals surface area contributed by atoms with Gasteiger partial charge in [0.1, 0.15) is 5.82 Å². The van der Waals surface area contributed by atoms with Gasteiger partial charge in [-0.25, -0.2) is 4.39 Å². The van der Waals surface area contributed by atoms with E-state index < -0.39 is 0 Å². The molecule has 0 spiro atoms. The first kappa shape index (κ1) is 15.1. The molecule has 1 aliphatic heterocycles. The standard InChI is InChI=1S/C20H20FN3/c21-18-8-2-1-5-17(18)15-23-11-13-24(14-12-23)19-9-3-6-16-7-4-10-22-20(16)19/h1-10H,11-15H2. The number of rotatable bonds is 3. The van der Waals surface area contributed by atoms with E-state index in [0.29, 0.717) is 6.54 Å². The molecule has 0 bridgehead atoms. The molecule has 0 aliphatic carbocycles. The van der Waals surface area contributed by atoms with Gasteiger partial charge in [0.25, 0.3) is 0 Å². The summed E-state index contributed by atoms with van der Waals surface area (Å²) < 4.78 is 13.8. The number of piperazine rings is 1. The van der Waals surface area contributed by atoms with Crippen LogP contribution in [0.1, 0.15) is 5.56 Å². The quantitative estimate of drug-likeness (QED) is 0.733. The van der Waals surface area contributed by atoms with Gasteiger partial charge >= 0.3 is 0 Å². The Hall–Kier alpha value is -2.46. The molecule has 122 valence electrons. The van der Waals surface area contributed by atoms with Crippen LogP contribution in [0, 0.1) is 5.82 Å². The highest BCUT2D eigenvalue weighted by Crippen LogP contribution is 2.26. The average molecular weight is 321 g/mol. The molecule has 4 heteroatoms. The van der Waals surface area contributed by atoms with Crippen LogP contribution in [-0.4, -0.2) is 36.1 Å². The van der Waals surface area contributed by atoms with Gasteiger partial charge in [-0.05, 0) is 18.2 Å². The molecular weight excluding hydrogens is 301 g/mol. The van der Waals surface area contributed by atoms with Crippen LogP contribution < -0.4 is 4.90 Å². The van der Waals surface area contributed by atoms with Crippen LogP contribution >= 0.6 is 0 Å². The number of fused-ring (bicyclic) bond motifs is 1. The molecule has 0 amide bonds. The van der Waals surface area contributed by atoms with E-state index >= 15 is 0 Å². The first-order valence-electron chi connectivity index (χ1n) is 8.36. The van der Waals surface area contributed by atoms with Crippen LogP contribution in [0.2, 0.25) is 0 Å². The summed E-state index contributed by atoms with van der Waals surface area (Å²) in [5.41, 5.74) is 3.03. The lowest BCUT2D eigenvalue weighted by atomic mass is 10.1. The Morgan fingerprint density at radius 3 is 2.50 bits per heavy atom. The maximum atomic E-state index is 13.8. The maximum Gasteiger partial charge on any atom is 0.127 e. The minimum absolute atomic E-state index is 0.113. The molecule has 4 rings (SSSR count). The van der Waals surface area contributed by atoms with Gasteiger partial charge in [-0.3, -0.25) is 9.88 Å². The molecule has 24 heavy (non-hydrogen) atoms. The number of anilines is 1. The van der Waals surface area contributed by atoms with Crippen LogP contribution in [0.5, 0.6) is 0 Å². The predicted octanol–water partition coefficient (Wildman–Crippen LogP) is 3.70. The van der Waals surface area contributed by atoms with Crippen molar-refractivity contribution >= 4 is 16.6 Å². The normalized spacial score (nSPS) is 15.8. The predicted molar refractivity (Wildman–Crippen MR) is 95.6 cm³/mol. The van der Waals surface area contributed by atoms with Gasteiger partial charge in [0.05, 0.1) is 11.2 Å². The number of halogens is 1. The number of benzene rings is 2. The number of aromatic nitrogens is 1. The van der Waals surface area contributed by atoms with Gasteiger partial charge in [0.2, 0.25) is 0 Å². The van der Waals surface area contributed by atoms with Gasteiger partial charge in [0, 0.05) is 49.9 Å². The summed E-state index contributed by atoms with van der Waals surface area (Å²) in [6.45, 7) is 4.40. The van der Waals surface area contributed by atoms with Crippen molar-refractivity contribution in [2.75, 3.05) is 31.1 Å². The zero-order valence-electron chi connectivity index (χ0n) is 13.5. The highest BCUT2D eigenvalue weighted by molar-refractivity contribution is 5.90. The molecule has 0 saturated carbocycles. The van der Waals surface area contributed by atoms with Crippen molar-refractivity contribution in [3.63, 3.8) is 0 Å². The van der Waals surface area contributed by atoms with Crippen LogP contribution in [0.15, 0.2) is 60.8 Å². The van der Waals surface area contributed by atoms with Crippen LogP contribution in [0.4, 0.5) is 10.1 Å². The smallest absolute Gasteiger partial charge is 0.127 e. The lowest BCUT2D eigenvalue weighted by Gasteiger charge is -2.36. The second-order valence-electron chi connectivity index (χ2n) is 6.21. The first-order valence-corrected chi connectivity index (χ1v) is 8.36. The van der Waals surface area contributed by atoms with Crippen molar-refractivity contribution in [1.82, 2.24) is 9.88 Å². The largest absolute Gasteiger partial charge is 0.367 e. The van der Waals surface area contributed by atoms with Crippen LogP contribution in [0.3, 0.4) is 0 Å². The van der Waals surface area contributed by atoms with Crippen molar-refractivity contribution in [3.05, 3.63) is 72.2 Å². The summed E-state index contributed by atoms with van der Waals surface area (Å²) in [6.07, 6.45) is 1.85. The Bertz CT molecular complexity index is 836. The highest BCUT2D eigenvalue weighted by atomic mass is 19.1.